The fourth-order valence-corrected chi connectivity index (χ4v) is 8.69. The first-order valence-electron chi connectivity index (χ1n) is 13.7. The van der Waals surface area contributed by atoms with Crippen LogP contribution in [0, 0.1) is 29.1 Å². The van der Waals surface area contributed by atoms with Crippen LogP contribution in [0.2, 0.25) is 5.02 Å². The number of thiophene rings is 1. The van der Waals surface area contributed by atoms with Crippen molar-refractivity contribution in [3.05, 3.63) is 93.2 Å². The number of hydrogen-bond donors (Lipinski definition) is 1. The number of phenolic OH excluding ortho intramolecular Hbond substituents is 1. The van der Waals surface area contributed by atoms with Gasteiger partial charge in [-0.25, -0.2) is 4.90 Å². The van der Waals surface area contributed by atoms with Gasteiger partial charge in [-0.1, -0.05) is 53.6 Å². The second-order valence-electron chi connectivity index (χ2n) is 11.5. The quantitative estimate of drug-likeness (QED) is 0.320. The van der Waals surface area contributed by atoms with Crippen LogP contribution in [-0.2, 0) is 25.7 Å². The summed E-state index contributed by atoms with van der Waals surface area (Å²) in [6.45, 7) is 2.06. The van der Waals surface area contributed by atoms with E-state index in [9.17, 15) is 24.3 Å². The van der Waals surface area contributed by atoms with Gasteiger partial charge in [0.05, 0.1) is 35.4 Å². The Morgan fingerprint density at radius 1 is 0.976 bits per heavy atom. The lowest BCUT2D eigenvalue weighted by Gasteiger charge is -2.49. The number of halogens is 1. The molecule has 7 rings (SSSR count). The highest BCUT2D eigenvalue weighted by molar-refractivity contribution is 7.09. The van der Waals surface area contributed by atoms with Gasteiger partial charge in [0.2, 0.25) is 23.6 Å². The number of carbonyl (C=O) groups excluding carboxylic acids is 4. The van der Waals surface area contributed by atoms with Gasteiger partial charge >= 0.3 is 0 Å². The fraction of sp³-hybridized carbons (Fsp3) is 0.312. The number of carbonyl (C=O) groups is 4. The first-order valence-corrected chi connectivity index (χ1v) is 15.0. The Labute approximate surface area is 246 Å². The van der Waals surface area contributed by atoms with Gasteiger partial charge in [0, 0.05) is 15.8 Å². The van der Waals surface area contributed by atoms with E-state index in [4.69, 9.17) is 11.6 Å². The lowest BCUT2D eigenvalue weighted by molar-refractivity contribution is -0.141. The van der Waals surface area contributed by atoms with Crippen molar-refractivity contribution in [1.29, 1.82) is 0 Å². The highest BCUT2D eigenvalue weighted by Crippen LogP contribution is 2.64. The van der Waals surface area contributed by atoms with E-state index in [1.807, 2.05) is 36.6 Å². The maximum atomic E-state index is 14.3. The van der Waals surface area contributed by atoms with Crippen LogP contribution in [0.1, 0.15) is 36.1 Å². The maximum absolute atomic E-state index is 14.3. The zero-order valence-corrected chi connectivity index (χ0v) is 23.8. The number of amides is 4. The number of hydrogen-bond acceptors (Lipinski definition) is 6. The molecule has 2 aromatic carbocycles. The Balaban J connectivity index is 1.36. The Bertz CT molecular complexity index is 1640. The number of nitrogens with zero attached hydrogens (tertiary/aromatic N) is 2. The molecule has 1 saturated carbocycles. The fourth-order valence-electron chi connectivity index (χ4n) is 7.71. The minimum Gasteiger partial charge on any atom is -0.508 e. The van der Waals surface area contributed by atoms with Crippen molar-refractivity contribution < 1.29 is 24.3 Å². The number of rotatable bonds is 4. The molecule has 3 aromatic rings. The molecule has 1 aromatic heterocycles. The van der Waals surface area contributed by atoms with E-state index in [0.29, 0.717) is 17.7 Å². The van der Waals surface area contributed by atoms with Gasteiger partial charge in [-0.3, -0.25) is 24.1 Å². The first-order chi connectivity index (χ1) is 19.7. The van der Waals surface area contributed by atoms with Crippen LogP contribution in [0.4, 0.5) is 5.69 Å². The van der Waals surface area contributed by atoms with Crippen LogP contribution in [0.25, 0.3) is 0 Å². The van der Waals surface area contributed by atoms with Gasteiger partial charge in [-0.05, 0) is 67.0 Å². The predicted octanol–water partition coefficient (Wildman–Crippen LogP) is 5.54. The SMILES string of the molecule is CC12C(=O)N(c3ccccc3)C(=O)C1CC1C(=CCC3C(=O)N(Cc4cccs4)C(=O)C31)C2c1ccc(O)cc1Cl. The second kappa shape index (κ2) is 9.39. The molecule has 1 N–H and O–H groups in total. The van der Waals surface area contributed by atoms with Gasteiger partial charge in [-0.2, -0.15) is 0 Å². The summed E-state index contributed by atoms with van der Waals surface area (Å²) in [7, 11) is 0. The van der Waals surface area contributed by atoms with Crippen molar-refractivity contribution in [3.8, 4) is 5.75 Å². The van der Waals surface area contributed by atoms with Gasteiger partial charge in [0.15, 0.2) is 0 Å². The maximum Gasteiger partial charge on any atom is 0.241 e. The molecule has 2 saturated heterocycles. The highest BCUT2D eigenvalue weighted by Gasteiger charge is 2.67. The van der Waals surface area contributed by atoms with E-state index in [0.717, 1.165) is 10.5 Å². The predicted molar refractivity (Wildman–Crippen MR) is 154 cm³/mol. The summed E-state index contributed by atoms with van der Waals surface area (Å²) in [6.07, 6.45) is 2.67. The molecule has 0 bridgehead atoms. The first kappa shape index (κ1) is 26.2. The smallest absolute Gasteiger partial charge is 0.241 e. The topological polar surface area (TPSA) is 95.0 Å². The van der Waals surface area contributed by atoms with Gasteiger partial charge in [0.1, 0.15) is 5.75 Å². The zero-order valence-electron chi connectivity index (χ0n) is 22.2. The van der Waals surface area contributed by atoms with Gasteiger partial charge in [-0.15, -0.1) is 11.3 Å². The number of likely N-dealkylation sites (tertiary alicyclic amines) is 1. The molecule has 3 fully saturated rings. The molecule has 0 radical (unpaired) electrons. The number of allylic oxidation sites excluding steroid dienone is 2. The number of para-hydroxylation sites is 1. The highest BCUT2D eigenvalue weighted by atomic mass is 35.5. The summed E-state index contributed by atoms with van der Waals surface area (Å²) in [4.78, 5) is 59.5. The molecule has 7 nitrogen and oxygen atoms in total. The van der Waals surface area contributed by atoms with E-state index in [1.165, 1.54) is 33.3 Å². The molecule has 2 aliphatic heterocycles. The van der Waals surface area contributed by atoms with Crippen LogP contribution in [-0.4, -0.2) is 33.6 Å². The second-order valence-corrected chi connectivity index (χ2v) is 13.0. The van der Waals surface area contributed by atoms with Crippen LogP contribution < -0.4 is 4.90 Å². The number of aromatic hydroxyl groups is 1. The Morgan fingerprint density at radius 2 is 1.76 bits per heavy atom. The number of phenols is 1. The molecule has 2 aliphatic carbocycles. The summed E-state index contributed by atoms with van der Waals surface area (Å²) >= 11 is 8.22. The Hall–Kier alpha value is -3.75. The normalized spacial score (nSPS) is 30.8. The molecule has 3 heterocycles. The molecule has 0 spiro atoms. The molecule has 208 valence electrons. The van der Waals surface area contributed by atoms with Crippen molar-refractivity contribution in [3.63, 3.8) is 0 Å². The minimum atomic E-state index is -1.18. The summed E-state index contributed by atoms with van der Waals surface area (Å²) in [5.74, 6) is -3.90. The van der Waals surface area contributed by atoms with Crippen molar-refractivity contribution in [2.45, 2.75) is 32.2 Å². The summed E-state index contributed by atoms with van der Waals surface area (Å²) in [5.41, 5.74) is 0.811. The lowest BCUT2D eigenvalue weighted by Crippen LogP contribution is -2.49. The van der Waals surface area contributed by atoms with E-state index in [-0.39, 0.29) is 47.4 Å². The van der Waals surface area contributed by atoms with Crippen LogP contribution in [0.3, 0.4) is 0 Å². The minimum absolute atomic E-state index is 0.00831. The third-order valence-electron chi connectivity index (χ3n) is 9.57. The summed E-state index contributed by atoms with van der Waals surface area (Å²) in [5, 5.41) is 12.3. The van der Waals surface area contributed by atoms with Crippen LogP contribution in [0.5, 0.6) is 5.75 Å². The molecular weight excluding hydrogens is 560 g/mol. The molecule has 41 heavy (non-hydrogen) atoms. The van der Waals surface area contributed by atoms with Crippen molar-refractivity contribution in [2.24, 2.45) is 29.1 Å². The Kier molecular flexibility index (Phi) is 5.99. The van der Waals surface area contributed by atoms with Crippen molar-refractivity contribution in [2.75, 3.05) is 4.90 Å². The Morgan fingerprint density at radius 3 is 2.46 bits per heavy atom. The number of anilines is 1. The molecule has 6 atom stereocenters. The molecule has 4 amide bonds. The van der Waals surface area contributed by atoms with E-state index in [2.05, 4.69) is 0 Å². The van der Waals surface area contributed by atoms with Crippen LogP contribution in [0.15, 0.2) is 77.7 Å². The number of imide groups is 2. The summed E-state index contributed by atoms with van der Waals surface area (Å²) < 4.78 is 0. The van der Waals surface area contributed by atoms with E-state index < -0.39 is 35.0 Å². The van der Waals surface area contributed by atoms with E-state index in [1.54, 1.807) is 30.3 Å². The molecule has 4 aliphatic rings. The molecular formula is C32H27ClN2O5S. The molecule has 6 unspecified atom stereocenters. The standard InChI is InChI=1S/C32H27ClN2O5S/c1-32-24(29(38)35(31(32)40)17-6-3-2-4-7-17)15-23-20(27(32)21-10-9-18(36)14-25(21)33)11-12-22-26(23)30(39)34(28(22)37)16-19-8-5-13-41-19/h2-11,13-14,22-24,26-27,36H,12,15-16H2,1H3. The van der Waals surface area contributed by atoms with Crippen molar-refractivity contribution >= 4 is 52.3 Å². The summed E-state index contributed by atoms with van der Waals surface area (Å²) in [6, 6.07) is 17.3. The van der Waals surface area contributed by atoms with Crippen molar-refractivity contribution in [1.82, 2.24) is 4.90 Å². The zero-order chi connectivity index (χ0) is 28.6. The van der Waals surface area contributed by atoms with E-state index >= 15 is 0 Å². The molecule has 9 heteroatoms. The third-order valence-corrected chi connectivity index (χ3v) is 10.8. The monoisotopic (exact) mass is 586 g/mol. The van der Waals surface area contributed by atoms with Gasteiger partial charge < -0.3 is 5.11 Å². The van der Waals surface area contributed by atoms with Crippen LogP contribution >= 0.6 is 22.9 Å². The number of benzene rings is 2. The van der Waals surface area contributed by atoms with Gasteiger partial charge in [0.25, 0.3) is 0 Å². The number of fused-ring (bicyclic) bond motifs is 4. The third kappa shape index (κ3) is 3.70. The lowest BCUT2D eigenvalue weighted by atomic mass is 9.51. The largest absolute Gasteiger partial charge is 0.508 e. The average Bonchev–Trinajstić information content (AvgIpc) is 3.61. The average molecular weight is 587 g/mol.